The largest absolute Gasteiger partial charge is 0.379 e. The van der Waals surface area contributed by atoms with Gasteiger partial charge in [0.1, 0.15) is 11.5 Å². The van der Waals surface area contributed by atoms with E-state index < -0.39 is 10.7 Å². The van der Waals surface area contributed by atoms with Crippen molar-refractivity contribution in [2.75, 3.05) is 18.5 Å². The second kappa shape index (κ2) is 6.37. The predicted octanol–water partition coefficient (Wildman–Crippen LogP) is 3.61. The van der Waals surface area contributed by atoms with Crippen LogP contribution in [0.25, 0.3) is 0 Å². The van der Waals surface area contributed by atoms with Gasteiger partial charge in [-0.15, -0.1) is 0 Å². The fourth-order valence-electron chi connectivity index (χ4n) is 2.45. The van der Waals surface area contributed by atoms with E-state index in [2.05, 4.69) is 5.32 Å². The van der Waals surface area contributed by atoms with Crippen LogP contribution in [-0.4, -0.2) is 24.2 Å². The molecule has 1 N–H and O–H groups in total. The maximum Gasteiger partial charge on any atom is 0.294 e. The zero-order chi connectivity index (χ0) is 14.7. The van der Waals surface area contributed by atoms with Crippen LogP contribution in [0, 0.1) is 21.8 Å². The minimum absolute atomic E-state index is 0.152. The molecule has 1 heterocycles. The van der Waals surface area contributed by atoms with Crippen molar-refractivity contribution in [1.82, 2.24) is 0 Å². The zero-order valence-corrected chi connectivity index (χ0v) is 11.8. The van der Waals surface area contributed by atoms with Crippen LogP contribution in [0.4, 0.5) is 15.8 Å². The molecule has 0 amide bonds. The predicted molar refractivity (Wildman–Crippen MR) is 74.7 cm³/mol. The van der Waals surface area contributed by atoms with Gasteiger partial charge in [0.2, 0.25) is 0 Å². The van der Waals surface area contributed by atoms with Gasteiger partial charge in [0.15, 0.2) is 0 Å². The lowest BCUT2D eigenvalue weighted by Gasteiger charge is -2.18. The summed E-state index contributed by atoms with van der Waals surface area (Å²) in [4.78, 5) is 10.4. The molecule has 1 aromatic carbocycles. The van der Waals surface area contributed by atoms with Crippen LogP contribution >= 0.6 is 11.6 Å². The number of nitrogens with zero attached hydrogens (tertiary/aromatic N) is 1. The highest BCUT2D eigenvalue weighted by Gasteiger charge is 2.27. The second-order valence-corrected chi connectivity index (χ2v) is 5.19. The van der Waals surface area contributed by atoms with Crippen LogP contribution in [0.3, 0.4) is 0 Å². The molecular formula is C13H16ClFN2O3. The third kappa shape index (κ3) is 3.19. The normalized spacial score (nSPS) is 21.9. The highest BCUT2D eigenvalue weighted by atomic mass is 35.5. The van der Waals surface area contributed by atoms with Gasteiger partial charge in [-0.3, -0.25) is 10.1 Å². The quantitative estimate of drug-likeness (QED) is 0.666. The number of halogens is 2. The Hall–Kier alpha value is -1.40. The molecule has 7 heteroatoms. The first-order chi connectivity index (χ1) is 9.52. The molecule has 110 valence electrons. The van der Waals surface area contributed by atoms with Gasteiger partial charge in [-0.25, -0.2) is 4.39 Å². The fraction of sp³-hybridized carbons (Fsp3) is 0.538. The Kier molecular flexibility index (Phi) is 4.77. The van der Waals surface area contributed by atoms with E-state index in [9.17, 15) is 14.5 Å². The van der Waals surface area contributed by atoms with E-state index in [0.29, 0.717) is 13.2 Å². The molecule has 1 aromatic rings. The van der Waals surface area contributed by atoms with Gasteiger partial charge in [-0.1, -0.05) is 18.5 Å². The molecule has 2 rings (SSSR count). The molecule has 0 radical (unpaired) electrons. The minimum atomic E-state index is -0.672. The van der Waals surface area contributed by atoms with Crippen LogP contribution in [0.2, 0.25) is 5.02 Å². The SMILES string of the molecule is CCC1OCCC1CNc1cc(F)c(Cl)cc1[N+](=O)[O-]. The number of rotatable bonds is 5. The number of nitro benzene ring substituents is 1. The maximum atomic E-state index is 13.4. The molecule has 0 saturated carbocycles. The molecule has 0 aliphatic carbocycles. The zero-order valence-electron chi connectivity index (χ0n) is 11.1. The average Bonchev–Trinajstić information content (AvgIpc) is 2.86. The minimum Gasteiger partial charge on any atom is -0.379 e. The van der Waals surface area contributed by atoms with Crippen molar-refractivity contribution < 1.29 is 14.1 Å². The molecule has 1 aliphatic rings. The van der Waals surface area contributed by atoms with Gasteiger partial charge in [-0.2, -0.15) is 0 Å². The Morgan fingerprint density at radius 1 is 1.60 bits per heavy atom. The summed E-state index contributed by atoms with van der Waals surface area (Å²) < 4.78 is 19.0. The number of hydrogen-bond acceptors (Lipinski definition) is 4. The molecule has 2 atom stereocenters. The van der Waals surface area contributed by atoms with E-state index in [0.717, 1.165) is 25.0 Å². The monoisotopic (exact) mass is 302 g/mol. The molecule has 5 nitrogen and oxygen atoms in total. The molecule has 1 fully saturated rings. The Morgan fingerprint density at radius 3 is 3.00 bits per heavy atom. The van der Waals surface area contributed by atoms with Gasteiger partial charge >= 0.3 is 0 Å². The summed E-state index contributed by atoms with van der Waals surface area (Å²) in [7, 11) is 0. The van der Waals surface area contributed by atoms with Gasteiger partial charge in [0.25, 0.3) is 5.69 Å². The van der Waals surface area contributed by atoms with Crippen molar-refractivity contribution in [1.29, 1.82) is 0 Å². The summed E-state index contributed by atoms with van der Waals surface area (Å²) in [5, 5.41) is 13.7. The van der Waals surface area contributed by atoms with Crippen molar-refractivity contribution in [2.24, 2.45) is 5.92 Å². The second-order valence-electron chi connectivity index (χ2n) is 4.79. The molecule has 20 heavy (non-hydrogen) atoms. The smallest absolute Gasteiger partial charge is 0.294 e. The average molecular weight is 303 g/mol. The van der Waals surface area contributed by atoms with E-state index in [-0.39, 0.29) is 28.4 Å². The van der Waals surface area contributed by atoms with E-state index in [1.54, 1.807) is 0 Å². The topological polar surface area (TPSA) is 64.4 Å². The number of anilines is 1. The molecule has 2 unspecified atom stereocenters. The van der Waals surface area contributed by atoms with E-state index in [1.807, 2.05) is 6.92 Å². The van der Waals surface area contributed by atoms with Crippen molar-refractivity contribution in [3.8, 4) is 0 Å². The molecular weight excluding hydrogens is 287 g/mol. The molecule has 0 spiro atoms. The lowest BCUT2D eigenvalue weighted by Crippen LogP contribution is -2.23. The summed E-state index contributed by atoms with van der Waals surface area (Å²) in [6.45, 7) is 3.25. The standard InChI is InChI=1S/C13H16ClFN2O3/c1-2-13-8(3-4-20-13)7-16-11-6-10(15)9(14)5-12(11)17(18)19/h5-6,8,13,16H,2-4,7H2,1H3. The van der Waals surface area contributed by atoms with Gasteiger partial charge < -0.3 is 10.1 Å². The Bertz CT molecular complexity index is 513. The molecule has 0 bridgehead atoms. The van der Waals surface area contributed by atoms with Crippen LogP contribution < -0.4 is 5.32 Å². The van der Waals surface area contributed by atoms with Crippen LogP contribution in [0.15, 0.2) is 12.1 Å². The van der Waals surface area contributed by atoms with E-state index in [1.165, 1.54) is 0 Å². The number of nitrogens with one attached hydrogen (secondary N) is 1. The third-order valence-corrected chi connectivity index (χ3v) is 3.83. The number of ether oxygens (including phenoxy) is 1. The number of nitro groups is 1. The van der Waals surface area contributed by atoms with Crippen molar-refractivity contribution in [3.63, 3.8) is 0 Å². The lowest BCUT2D eigenvalue weighted by atomic mass is 9.99. The lowest BCUT2D eigenvalue weighted by molar-refractivity contribution is -0.384. The van der Waals surface area contributed by atoms with E-state index >= 15 is 0 Å². The van der Waals surface area contributed by atoms with Crippen molar-refractivity contribution >= 4 is 23.0 Å². The molecule has 1 saturated heterocycles. The summed E-state index contributed by atoms with van der Waals surface area (Å²) in [5.74, 6) is -0.396. The third-order valence-electron chi connectivity index (χ3n) is 3.54. The highest BCUT2D eigenvalue weighted by Crippen LogP contribution is 2.31. The first-order valence-electron chi connectivity index (χ1n) is 6.51. The van der Waals surface area contributed by atoms with Gasteiger partial charge in [0.05, 0.1) is 16.0 Å². The first-order valence-corrected chi connectivity index (χ1v) is 6.89. The molecule has 0 aromatic heterocycles. The van der Waals surface area contributed by atoms with Gasteiger partial charge in [0, 0.05) is 31.2 Å². The van der Waals surface area contributed by atoms with Crippen molar-refractivity contribution in [3.05, 3.63) is 33.1 Å². The van der Waals surface area contributed by atoms with Gasteiger partial charge in [-0.05, 0) is 12.8 Å². The number of hydrogen-bond donors (Lipinski definition) is 1. The van der Waals surface area contributed by atoms with Crippen LogP contribution in [0.5, 0.6) is 0 Å². The first kappa shape index (κ1) is 15.0. The Balaban J connectivity index is 2.12. The van der Waals surface area contributed by atoms with Crippen molar-refractivity contribution in [2.45, 2.75) is 25.9 Å². The Morgan fingerprint density at radius 2 is 2.35 bits per heavy atom. The summed E-state index contributed by atoms with van der Waals surface area (Å²) in [5.41, 5.74) is -0.0676. The Labute approximate surface area is 121 Å². The summed E-state index contributed by atoms with van der Waals surface area (Å²) >= 11 is 5.58. The van der Waals surface area contributed by atoms with E-state index in [4.69, 9.17) is 16.3 Å². The fourth-order valence-corrected chi connectivity index (χ4v) is 2.61. The van der Waals surface area contributed by atoms with Crippen LogP contribution in [0.1, 0.15) is 19.8 Å². The summed E-state index contributed by atoms with van der Waals surface area (Å²) in [6, 6.07) is 2.10. The number of benzene rings is 1. The molecule has 1 aliphatic heterocycles. The highest BCUT2D eigenvalue weighted by molar-refractivity contribution is 6.31. The maximum absolute atomic E-state index is 13.4. The summed E-state index contributed by atoms with van der Waals surface area (Å²) in [6.07, 6.45) is 1.94. The van der Waals surface area contributed by atoms with Crippen LogP contribution in [-0.2, 0) is 4.74 Å².